The summed E-state index contributed by atoms with van der Waals surface area (Å²) in [5.74, 6) is -0.0699. The van der Waals surface area contributed by atoms with Gasteiger partial charge in [-0.1, -0.05) is 53.6 Å². The lowest BCUT2D eigenvalue weighted by Crippen LogP contribution is -2.34. The number of para-hydroxylation sites is 1. The zero-order valence-corrected chi connectivity index (χ0v) is 16.3. The second-order valence-electron chi connectivity index (χ2n) is 5.87. The van der Waals surface area contributed by atoms with E-state index < -0.39 is 0 Å². The average Bonchev–Trinajstić information content (AvgIpc) is 3.11. The number of likely N-dealkylation sites (N-methyl/N-ethyl adjacent to an activating group) is 1. The van der Waals surface area contributed by atoms with Crippen LogP contribution in [0.2, 0.25) is 5.02 Å². The number of nitrogens with zero attached hydrogens (tertiary/aromatic N) is 2. The Balaban J connectivity index is 1.95. The van der Waals surface area contributed by atoms with Gasteiger partial charge in [0.2, 0.25) is 5.91 Å². The maximum absolute atomic E-state index is 12.2. The Hall–Kier alpha value is -2.37. The van der Waals surface area contributed by atoms with Gasteiger partial charge in [-0.15, -0.1) is 11.3 Å². The van der Waals surface area contributed by atoms with Gasteiger partial charge in [0.25, 0.3) is 0 Å². The molecule has 134 valence electrons. The number of aryl methyl sites for hydroxylation is 1. The quantitative estimate of drug-likeness (QED) is 0.646. The number of rotatable bonds is 6. The predicted molar refractivity (Wildman–Crippen MR) is 109 cm³/mol. The predicted octanol–water partition coefficient (Wildman–Crippen LogP) is 5.05. The van der Waals surface area contributed by atoms with Crippen LogP contribution < -0.4 is 10.2 Å². The van der Waals surface area contributed by atoms with Gasteiger partial charge < -0.3 is 10.2 Å². The van der Waals surface area contributed by atoms with E-state index in [1.165, 1.54) is 16.9 Å². The molecule has 0 aliphatic rings. The molecule has 3 rings (SSSR count). The Labute approximate surface area is 162 Å². The first-order chi connectivity index (χ1) is 12.6. The van der Waals surface area contributed by atoms with Gasteiger partial charge in [0.05, 0.1) is 16.4 Å². The number of carbonyl (C=O) groups is 1. The number of carbonyl (C=O) groups excluding carboxylic acids is 1. The Bertz CT molecular complexity index is 892. The summed E-state index contributed by atoms with van der Waals surface area (Å²) in [6.07, 6.45) is 0. The van der Waals surface area contributed by atoms with Crippen LogP contribution >= 0.6 is 22.9 Å². The monoisotopic (exact) mass is 385 g/mol. The third-order valence-corrected chi connectivity index (χ3v) is 5.07. The minimum absolute atomic E-state index is 0.0699. The second kappa shape index (κ2) is 8.34. The number of aromatic nitrogens is 1. The SMILES string of the molecule is CCNC(=O)CN(c1nc(-c2ccc(C)cc2)cs1)c1ccccc1Cl. The highest BCUT2D eigenvalue weighted by Gasteiger charge is 2.19. The van der Waals surface area contributed by atoms with E-state index >= 15 is 0 Å². The molecule has 1 aromatic heterocycles. The second-order valence-corrected chi connectivity index (χ2v) is 7.12. The first kappa shape index (κ1) is 18.4. The highest BCUT2D eigenvalue weighted by atomic mass is 35.5. The van der Waals surface area contributed by atoms with Gasteiger partial charge in [-0.3, -0.25) is 4.79 Å². The first-order valence-electron chi connectivity index (χ1n) is 8.40. The Morgan fingerprint density at radius 3 is 2.62 bits per heavy atom. The van der Waals surface area contributed by atoms with Crippen LogP contribution in [-0.4, -0.2) is 24.0 Å². The van der Waals surface area contributed by atoms with E-state index in [1.807, 2.05) is 41.5 Å². The van der Waals surface area contributed by atoms with Crippen LogP contribution in [0.5, 0.6) is 0 Å². The van der Waals surface area contributed by atoms with E-state index in [-0.39, 0.29) is 12.5 Å². The highest BCUT2D eigenvalue weighted by molar-refractivity contribution is 7.14. The fraction of sp³-hybridized carbons (Fsp3) is 0.200. The summed E-state index contributed by atoms with van der Waals surface area (Å²) in [5, 5.41) is 6.16. The van der Waals surface area contributed by atoms with Crippen LogP contribution in [0.1, 0.15) is 12.5 Å². The summed E-state index contributed by atoms with van der Waals surface area (Å²) in [6.45, 7) is 4.71. The van der Waals surface area contributed by atoms with Crippen molar-refractivity contribution in [3.63, 3.8) is 0 Å². The van der Waals surface area contributed by atoms with Crippen molar-refractivity contribution < 1.29 is 4.79 Å². The standard InChI is InChI=1S/C20H20ClN3OS/c1-3-22-19(25)12-24(18-7-5-4-6-16(18)21)20-23-17(13-26-20)15-10-8-14(2)9-11-15/h4-11,13H,3,12H2,1-2H3,(H,22,25). The lowest BCUT2D eigenvalue weighted by Gasteiger charge is -2.22. The smallest absolute Gasteiger partial charge is 0.240 e. The van der Waals surface area contributed by atoms with Gasteiger partial charge in [0, 0.05) is 17.5 Å². The van der Waals surface area contributed by atoms with E-state index in [1.54, 1.807) is 0 Å². The molecule has 0 fully saturated rings. The zero-order valence-electron chi connectivity index (χ0n) is 14.7. The summed E-state index contributed by atoms with van der Waals surface area (Å²) in [4.78, 5) is 18.8. The molecule has 1 amide bonds. The molecule has 0 saturated carbocycles. The Kier molecular flexibility index (Phi) is 5.91. The highest BCUT2D eigenvalue weighted by Crippen LogP contribution is 2.35. The molecular formula is C20H20ClN3OS. The van der Waals surface area contributed by atoms with Gasteiger partial charge in [-0.2, -0.15) is 0 Å². The number of nitrogens with one attached hydrogen (secondary N) is 1. The number of hydrogen-bond donors (Lipinski definition) is 1. The van der Waals surface area contributed by atoms with Crippen LogP contribution in [0.25, 0.3) is 11.3 Å². The van der Waals surface area contributed by atoms with Crippen molar-refractivity contribution in [3.8, 4) is 11.3 Å². The Morgan fingerprint density at radius 2 is 1.92 bits per heavy atom. The molecule has 1 N–H and O–H groups in total. The average molecular weight is 386 g/mol. The van der Waals surface area contributed by atoms with Crippen molar-refractivity contribution in [1.82, 2.24) is 10.3 Å². The van der Waals surface area contributed by atoms with Crippen molar-refractivity contribution >= 4 is 39.7 Å². The van der Waals surface area contributed by atoms with Crippen LogP contribution in [0.15, 0.2) is 53.9 Å². The molecule has 3 aromatic rings. The van der Waals surface area contributed by atoms with Crippen molar-refractivity contribution in [2.24, 2.45) is 0 Å². The number of benzene rings is 2. The van der Waals surface area contributed by atoms with Crippen LogP contribution in [0.4, 0.5) is 10.8 Å². The summed E-state index contributed by atoms with van der Waals surface area (Å²) < 4.78 is 0. The van der Waals surface area contributed by atoms with Crippen molar-refractivity contribution in [1.29, 1.82) is 0 Å². The minimum Gasteiger partial charge on any atom is -0.355 e. The summed E-state index contributed by atoms with van der Waals surface area (Å²) >= 11 is 7.87. The number of hydrogen-bond acceptors (Lipinski definition) is 4. The van der Waals surface area contributed by atoms with E-state index in [9.17, 15) is 4.79 Å². The normalized spacial score (nSPS) is 10.6. The van der Waals surface area contributed by atoms with Crippen LogP contribution in [0.3, 0.4) is 0 Å². The summed E-state index contributed by atoms with van der Waals surface area (Å²) in [5.41, 5.74) is 3.91. The Morgan fingerprint density at radius 1 is 1.19 bits per heavy atom. The van der Waals surface area contributed by atoms with E-state index in [0.717, 1.165) is 22.1 Å². The van der Waals surface area contributed by atoms with Gasteiger partial charge in [-0.25, -0.2) is 4.98 Å². The van der Waals surface area contributed by atoms with Gasteiger partial charge >= 0.3 is 0 Å². The summed E-state index contributed by atoms with van der Waals surface area (Å²) in [7, 11) is 0. The molecule has 1 heterocycles. The van der Waals surface area contributed by atoms with Gasteiger partial charge in [0.15, 0.2) is 5.13 Å². The number of halogens is 1. The van der Waals surface area contributed by atoms with Gasteiger partial charge in [0.1, 0.15) is 6.54 Å². The third kappa shape index (κ3) is 4.23. The van der Waals surface area contributed by atoms with Crippen molar-refractivity contribution in [3.05, 3.63) is 64.5 Å². The topological polar surface area (TPSA) is 45.2 Å². The molecule has 6 heteroatoms. The minimum atomic E-state index is -0.0699. The molecule has 2 aromatic carbocycles. The molecule has 0 bridgehead atoms. The molecule has 26 heavy (non-hydrogen) atoms. The number of amides is 1. The van der Waals surface area contributed by atoms with E-state index in [2.05, 4.69) is 36.5 Å². The lowest BCUT2D eigenvalue weighted by molar-refractivity contribution is -0.119. The molecule has 4 nitrogen and oxygen atoms in total. The van der Waals surface area contributed by atoms with Crippen molar-refractivity contribution in [2.45, 2.75) is 13.8 Å². The van der Waals surface area contributed by atoms with E-state index in [4.69, 9.17) is 16.6 Å². The molecule has 0 radical (unpaired) electrons. The van der Waals surface area contributed by atoms with Crippen LogP contribution in [0, 0.1) is 6.92 Å². The largest absolute Gasteiger partial charge is 0.355 e. The molecule has 0 aliphatic carbocycles. The molecule has 0 atom stereocenters. The zero-order chi connectivity index (χ0) is 18.5. The maximum Gasteiger partial charge on any atom is 0.240 e. The molecular weight excluding hydrogens is 366 g/mol. The lowest BCUT2D eigenvalue weighted by atomic mass is 10.1. The van der Waals surface area contributed by atoms with Gasteiger partial charge in [-0.05, 0) is 26.0 Å². The van der Waals surface area contributed by atoms with E-state index in [0.29, 0.717) is 11.6 Å². The summed E-state index contributed by atoms with van der Waals surface area (Å²) in [6, 6.07) is 15.7. The molecule has 0 spiro atoms. The molecule has 0 aliphatic heterocycles. The molecule has 0 saturated heterocycles. The third-order valence-electron chi connectivity index (χ3n) is 3.89. The fourth-order valence-corrected chi connectivity index (χ4v) is 3.65. The number of anilines is 2. The fourth-order valence-electron chi connectivity index (χ4n) is 2.57. The van der Waals surface area contributed by atoms with Crippen molar-refractivity contribution in [2.75, 3.05) is 18.0 Å². The first-order valence-corrected chi connectivity index (χ1v) is 9.65. The number of thiazole rings is 1. The van der Waals surface area contributed by atoms with Crippen LogP contribution in [-0.2, 0) is 4.79 Å². The maximum atomic E-state index is 12.2. The molecule has 0 unspecified atom stereocenters.